The summed E-state index contributed by atoms with van der Waals surface area (Å²) in [5.74, 6) is 0.192. The van der Waals surface area contributed by atoms with Crippen LogP contribution in [-0.2, 0) is 4.74 Å². The number of benzene rings is 1. The summed E-state index contributed by atoms with van der Waals surface area (Å²) in [6, 6.07) is 5.07. The second-order valence-electron chi connectivity index (χ2n) is 4.55. The van der Waals surface area contributed by atoms with Gasteiger partial charge in [0.1, 0.15) is 17.1 Å². The monoisotopic (exact) mass is 297 g/mol. The van der Waals surface area contributed by atoms with Crippen LogP contribution in [0.1, 0.15) is 24.2 Å². The molecule has 20 heavy (non-hydrogen) atoms. The lowest BCUT2D eigenvalue weighted by molar-refractivity contribution is 0.0591. The van der Waals surface area contributed by atoms with Gasteiger partial charge in [-0.15, -0.1) is 0 Å². The normalized spacial score (nSPS) is 10.1. The van der Waals surface area contributed by atoms with Gasteiger partial charge in [-0.25, -0.2) is 4.79 Å². The average molecular weight is 297 g/mol. The molecule has 1 rings (SSSR count). The molecule has 6 heteroatoms. The second-order valence-corrected chi connectivity index (χ2v) is 4.90. The first-order chi connectivity index (χ1) is 9.36. The number of thiocarbonyl (C=S) groups is 1. The van der Waals surface area contributed by atoms with Gasteiger partial charge < -0.3 is 19.1 Å². The third kappa shape index (κ3) is 4.09. The fourth-order valence-corrected chi connectivity index (χ4v) is 1.53. The van der Waals surface area contributed by atoms with E-state index >= 15 is 0 Å². The van der Waals surface area contributed by atoms with E-state index in [1.54, 1.807) is 37.2 Å². The van der Waals surface area contributed by atoms with Crippen LogP contribution >= 0.6 is 12.2 Å². The van der Waals surface area contributed by atoms with Gasteiger partial charge >= 0.3 is 5.97 Å². The number of carbonyl (C=O) groups excluding carboxylic acids is 1. The molecule has 0 aromatic heterocycles. The van der Waals surface area contributed by atoms with Gasteiger partial charge in [0, 0.05) is 14.1 Å². The SMILES string of the molecule is COC(=O)c1c(OC(=S)N(C)C)cccc1OC(C)C. The van der Waals surface area contributed by atoms with Gasteiger partial charge in [-0.2, -0.15) is 0 Å². The molecule has 0 unspecified atom stereocenters. The molecular weight excluding hydrogens is 278 g/mol. The quantitative estimate of drug-likeness (QED) is 0.628. The fourth-order valence-electron chi connectivity index (χ4n) is 1.44. The number of methoxy groups -OCH3 is 1. The van der Waals surface area contributed by atoms with E-state index in [9.17, 15) is 4.79 Å². The highest BCUT2D eigenvalue weighted by Crippen LogP contribution is 2.30. The first-order valence-electron chi connectivity index (χ1n) is 6.14. The van der Waals surface area contributed by atoms with E-state index in [2.05, 4.69) is 0 Å². The van der Waals surface area contributed by atoms with Crippen molar-refractivity contribution in [2.75, 3.05) is 21.2 Å². The molecule has 0 saturated heterocycles. The maximum atomic E-state index is 11.9. The van der Waals surface area contributed by atoms with Crippen molar-refractivity contribution in [2.24, 2.45) is 0 Å². The zero-order valence-corrected chi connectivity index (χ0v) is 13.1. The Hall–Kier alpha value is -1.82. The van der Waals surface area contributed by atoms with Crippen molar-refractivity contribution in [3.8, 4) is 11.5 Å². The van der Waals surface area contributed by atoms with Gasteiger partial charge in [0.05, 0.1) is 13.2 Å². The standard InChI is InChI=1S/C14H19NO4S/c1-9(2)18-10-7-6-8-11(12(10)13(16)17-5)19-14(20)15(3)4/h6-9H,1-5H3. The summed E-state index contributed by atoms with van der Waals surface area (Å²) in [6.45, 7) is 3.75. The molecule has 0 aliphatic heterocycles. The molecular formula is C14H19NO4S. The van der Waals surface area contributed by atoms with Gasteiger partial charge in [-0.05, 0) is 38.2 Å². The molecule has 0 aliphatic carbocycles. The highest BCUT2D eigenvalue weighted by Gasteiger charge is 2.21. The summed E-state index contributed by atoms with van der Waals surface area (Å²) in [5, 5.41) is 0.247. The second kappa shape index (κ2) is 7.09. The van der Waals surface area contributed by atoms with Gasteiger partial charge in [0.25, 0.3) is 5.17 Å². The van der Waals surface area contributed by atoms with Gasteiger partial charge in [0.15, 0.2) is 0 Å². The van der Waals surface area contributed by atoms with E-state index in [-0.39, 0.29) is 16.8 Å². The summed E-state index contributed by atoms with van der Waals surface area (Å²) in [7, 11) is 4.83. The Morgan fingerprint density at radius 2 is 1.85 bits per heavy atom. The first-order valence-corrected chi connectivity index (χ1v) is 6.54. The van der Waals surface area contributed by atoms with Crippen molar-refractivity contribution in [2.45, 2.75) is 20.0 Å². The van der Waals surface area contributed by atoms with Gasteiger partial charge in [-0.3, -0.25) is 0 Å². The average Bonchev–Trinajstić information content (AvgIpc) is 2.37. The topological polar surface area (TPSA) is 48.0 Å². The number of nitrogens with zero attached hydrogens (tertiary/aromatic N) is 1. The minimum absolute atomic E-state index is 0.0746. The Bertz CT molecular complexity index is 500. The van der Waals surface area contributed by atoms with Crippen LogP contribution in [0.25, 0.3) is 0 Å². The molecule has 0 heterocycles. The smallest absolute Gasteiger partial charge is 0.345 e. The minimum atomic E-state index is -0.530. The van der Waals surface area contributed by atoms with E-state index in [0.717, 1.165) is 0 Å². The zero-order valence-electron chi connectivity index (χ0n) is 12.3. The van der Waals surface area contributed by atoms with E-state index < -0.39 is 5.97 Å². The van der Waals surface area contributed by atoms with Gasteiger partial charge in [-0.1, -0.05) is 6.07 Å². The number of rotatable bonds is 4. The van der Waals surface area contributed by atoms with E-state index in [0.29, 0.717) is 11.5 Å². The van der Waals surface area contributed by atoms with E-state index in [1.165, 1.54) is 7.11 Å². The van der Waals surface area contributed by atoms with Crippen LogP contribution in [0.2, 0.25) is 0 Å². The minimum Gasteiger partial charge on any atom is -0.490 e. The molecule has 0 N–H and O–H groups in total. The predicted molar refractivity (Wildman–Crippen MR) is 80.5 cm³/mol. The lowest BCUT2D eigenvalue weighted by Gasteiger charge is -2.18. The highest BCUT2D eigenvalue weighted by atomic mass is 32.1. The Morgan fingerprint density at radius 3 is 2.35 bits per heavy atom. The molecule has 0 fully saturated rings. The molecule has 0 amide bonds. The molecule has 1 aromatic rings. The maximum absolute atomic E-state index is 11.9. The lowest BCUT2D eigenvalue weighted by atomic mass is 10.1. The number of carbonyl (C=O) groups is 1. The first kappa shape index (κ1) is 16.2. The number of hydrogen-bond donors (Lipinski definition) is 0. The summed E-state index contributed by atoms with van der Waals surface area (Å²) in [4.78, 5) is 13.6. The maximum Gasteiger partial charge on any atom is 0.345 e. The van der Waals surface area contributed by atoms with Crippen LogP contribution in [0.4, 0.5) is 0 Å². The van der Waals surface area contributed by atoms with Crippen molar-refractivity contribution >= 4 is 23.4 Å². The Morgan fingerprint density at radius 1 is 1.25 bits per heavy atom. The van der Waals surface area contributed by atoms with Crippen molar-refractivity contribution < 1.29 is 19.0 Å². The Balaban J connectivity index is 3.22. The molecule has 0 radical (unpaired) electrons. The van der Waals surface area contributed by atoms with Crippen LogP contribution in [0.3, 0.4) is 0 Å². The Kier molecular flexibility index (Phi) is 5.76. The highest BCUT2D eigenvalue weighted by molar-refractivity contribution is 7.80. The molecule has 0 bridgehead atoms. The summed E-state index contributed by atoms with van der Waals surface area (Å²) in [6.07, 6.45) is -0.0746. The molecule has 1 aromatic carbocycles. The van der Waals surface area contributed by atoms with Gasteiger partial charge in [0.2, 0.25) is 0 Å². The summed E-state index contributed by atoms with van der Waals surface area (Å²) < 4.78 is 15.9. The van der Waals surface area contributed by atoms with Crippen LogP contribution < -0.4 is 9.47 Å². The predicted octanol–water partition coefficient (Wildman–Crippen LogP) is 2.49. The summed E-state index contributed by atoms with van der Waals surface area (Å²) in [5.41, 5.74) is 0.230. The summed E-state index contributed by atoms with van der Waals surface area (Å²) >= 11 is 5.08. The van der Waals surface area contributed by atoms with E-state index in [4.69, 9.17) is 26.4 Å². The van der Waals surface area contributed by atoms with Crippen molar-refractivity contribution in [3.63, 3.8) is 0 Å². The van der Waals surface area contributed by atoms with Crippen LogP contribution in [-0.4, -0.2) is 43.4 Å². The van der Waals surface area contributed by atoms with Crippen molar-refractivity contribution in [1.82, 2.24) is 4.90 Å². The lowest BCUT2D eigenvalue weighted by Crippen LogP contribution is -2.26. The van der Waals surface area contributed by atoms with Crippen LogP contribution in [0, 0.1) is 0 Å². The largest absolute Gasteiger partial charge is 0.490 e. The molecule has 0 aliphatic rings. The van der Waals surface area contributed by atoms with Crippen LogP contribution in [0.15, 0.2) is 18.2 Å². The van der Waals surface area contributed by atoms with Crippen LogP contribution in [0.5, 0.6) is 11.5 Å². The van der Waals surface area contributed by atoms with Crippen molar-refractivity contribution in [3.05, 3.63) is 23.8 Å². The molecule has 0 atom stereocenters. The molecule has 5 nitrogen and oxygen atoms in total. The third-order valence-corrected chi connectivity index (χ3v) is 2.75. The number of hydrogen-bond acceptors (Lipinski definition) is 5. The molecule has 0 spiro atoms. The Labute approximate surface area is 124 Å². The third-order valence-electron chi connectivity index (χ3n) is 2.30. The van der Waals surface area contributed by atoms with Crippen molar-refractivity contribution in [1.29, 1.82) is 0 Å². The number of esters is 1. The van der Waals surface area contributed by atoms with E-state index in [1.807, 2.05) is 13.8 Å². The zero-order chi connectivity index (χ0) is 15.3. The fraction of sp³-hybridized carbons (Fsp3) is 0.429. The molecule has 110 valence electrons. The molecule has 0 saturated carbocycles. The number of ether oxygens (including phenoxy) is 3.